The first-order valence-corrected chi connectivity index (χ1v) is 19.5. The van der Waals surface area contributed by atoms with Gasteiger partial charge in [-0.1, -0.05) is 121 Å². The summed E-state index contributed by atoms with van der Waals surface area (Å²) < 4.78 is 13.2. The van der Waals surface area contributed by atoms with Gasteiger partial charge in [0.2, 0.25) is 0 Å². The number of nitrogens with zero attached hydrogens (tertiary/aromatic N) is 2. The molecule has 2 aromatic carbocycles. The molecule has 1 heterocycles. The number of rotatable bonds is 16. The summed E-state index contributed by atoms with van der Waals surface area (Å²) in [5.74, 6) is 1.56. The summed E-state index contributed by atoms with van der Waals surface area (Å²) in [4.78, 5) is 31.5. The van der Waals surface area contributed by atoms with Crippen molar-refractivity contribution in [3.63, 3.8) is 0 Å². The lowest BCUT2D eigenvalue weighted by Crippen LogP contribution is -2.55. The lowest BCUT2D eigenvalue weighted by Gasteiger charge is -2.38. The molecule has 0 saturated carbocycles. The Morgan fingerprint density at radius 1 is 0.540 bits per heavy atom. The van der Waals surface area contributed by atoms with E-state index >= 15 is 0 Å². The quantitative estimate of drug-likeness (QED) is 0.176. The van der Waals surface area contributed by atoms with Crippen molar-refractivity contribution < 1.29 is 19.1 Å². The lowest BCUT2D eigenvalue weighted by atomic mass is 9.76. The van der Waals surface area contributed by atoms with E-state index in [1.54, 1.807) is 0 Å². The molecule has 0 bridgehead atoms. The first kappa shape index (κ1) is 41.4. The van der Waals surface area contributed by atoms with Crippen LogP contribution >= 0.6 is 0 Å². The van der Waals surface area contributed by atoms with E-state index in [1.165, 1.54) is 11.1 Å². The van der Waals surface area contributed by atoms with Crippen molar-refractivity contribution >= 4 is 11.8 Å². The molecule has 0 radical (unpaired) electrons. The fourth-order valence-corrected chi connectivity index (χ4v) is 6.43. The Labute approximate surface area is 305 Å². The summed E-state index contributed by atoms with van der Waals surface area (Å²) in [6.45, 7) is 32.9. The van der Waals surface area contributed by atoms with Gasteiger partial charge in [0.25, 0.3) is 11.8 Å². The van der Waals surface area contributed by atoms with Crippen LogP contribution in [0.3, 0.4) is 0 Å². The largest absolute Gasteiger partial charge is 0.480 e. The van der Waals surface area contributed by atoms with Crippen LogP contribution in [-0.4, -0.2) is 60.0 Å². The van der Waals surface area contributed by atoms with Crippen molar-refractivity contribution in [3.8, 4) is 11.5 Å². The topological polar surface area (TPSA) is 59.1 Å². The van der Waals surface area contributed by atoms with Crippen LogP contribution in [0.4, 0.5) is 0 Å². The van der Waals surface area contributed by atoms with Gasteiger partial charge < -0.3 is 19.3 Å². The van der Waals surface area contributed by atoms with Gasteiger partial charge in [0.1, 0.15) is 11.5 Å². The first-order chi connectivity index (χ1) is 23.3. The van der Waals surface area contributed by atoms with Crippen LogP contribution in [-0.2, 0) is 31.2 Å². The molecule has 0 spiro atoms. The summed E-state index contributed by atoms with van der Waals surface area (Å²) in [5.41, 5.74) is 4.81. The van der Waals surface area contributed by atoms with E-state index in [2.05, 4.69) is 119 Å². The van der Waals surface area contributed by atoms with Crippen LogP contribution in [0.5, 0.6) is 11.5 Å². The molecule has 2 atom stereocenters. The number of carbonyl (C=O) groups excluding carboxylic acids is 2. The predicted molar refractivity (Wildman–Crippen MR) is 209 cm³/mol. The second-order valence-corrected chi connectivity index (χ2v) is 17.1. The molecule has 2 amide bonds. The molecule has 1 aliphatic rings. The molecule has 6 heteroatoms. The third kappa shape index (κ3) is 9.25. The average molecular weight is 691 g/mol. The van der Waals surface area contributed by atoms with Gasteiger partial charge in [-0.3, -0.25) is 9.59 Å². The summed E-state index contributed by atoms with van der Waals surface area (Å²) in [6, 6.07) is 13.1. The van der Waals surface area contributed by atoms with Gasteiger partial charge in [-0.15, -0.1) is 0 Å². The van der Waals surface area contributed by atoms with E-state index in [0.717, 1.165) is 48.3 Å². The predicted octanol–water partition coefficient (Wildman–Crippen LogP) is 10.1. The highest BCUT2D eigenvalue weighted by Crippen LogP contribution is 2.40. The number of piperazine rings is 1. The Kier molecular flexibility index (Phi) is 13.7. The maximum Gasteiger partial charge on any atom is 0.263 e. The van der Waals surface area contributed by atoms with Gasteiger partial charge in [0, 0.05) is 37.3 Å². The Hall–Kier alpha value is -3.02. The van der Waals surface area contributed by atoms with E-state index in [-0.39, 0.29) is 33.5 Å². The molecule has 0 aliphatic carbocycles. The fraction of sp³-hybridized carbons (Fsp3) is 0.682. The molecule has 3 rings (SSSR count). The molecule has 280 valence electrons. The average Bonchev–Trinajstić information content (AvgIpc) is 3.12. The van der Waals surface area contributed by atoms with Crippen molar-refractivity contribution in [1.29, 1.82) is 0 Å². The van der Waals surface area contributed by atoms with E-state index in [9.17, 15) is 9.59 Å². The van der Waals surface area contributed by atoms with Crippen molar-refractivity contribution in [3.05, 3.63) is 58.7 Å². The standard InChI is InChI=1S/C44H70N2O4/c1-15-35(49-37-23-21-31(41(7,8)17-3)29-33(37)43(11,12)19-5)39(47)45-25-27-46(28-26-45)40(48)36(16-2)50-38-24-22-32(42(9,10)18-4)30-34(38)44(13,14)20-6/h21-24,29-30,35-36H,15-20,25-28H2,1-14H3. The van der Waals surface area contributed by atoms with Crippen LogP contribution in [0.25, 0.3) is 0 Å². The highest BCUT2D eigenvalue weighted by molar-refractivity contribution is 5.83. The Balaban J connectivity index is 1.75. The van der Waals surface area contributed by atoms with Gasteiger partial charge in [-0.05, 0) is 83.4 Å². The minimum atomic E-state index is -0.582. The maximum atomic E-state index is 13.9. The molecule has 1 fully saturated rings. The molecular weight excluding hydrogens is 620 g/mol. The number of carbonyl (C=O) groups is 2. The minimum Gasteiger partial charge on any atom is -0.480 e. The van der Waals surface area contributed by atoms with E-state index in [1.807, 2.05) is 23.6 Å². The molecular formula is C44H70N2O4. The van der Waals surface area contributed by atoms with Gasteiger partial charge in [-0.2, -0.15) is 0 Å². The third-order valence-electron chi connectivity index (χ3n) is 12.2. The zero-order valence-electron chi connectivity index (χ0n) is 34.2. The monoisotopic (exact) mass is 691 g/mol. The highest BCUT2D eigenvalue weighted by Gasteiger charge is 2.35. The fourth-order valence-electron chi connectivity index (χ4n) is 6.43. The van der Waals surface area contributed by atoms with Crippen molar-refractivity contribution in [2.45, 2.75) is 169 Å². The third-order valence-corrected chi connectivity index (χ3v) is 12.2. The van der Waals surface area contributed by atoms with Crippen LogP contribution < -0.4 is 9.47 Å². The van der Waals surface area contributed by atoms with Crippen LogP contribution in [0.15, 0.2) is 36.4 Å². The van der Waals surface area contributed by atoms with Crippen molar-refractivity contribution in [2.24, 2.45) is 0 Å². The summed E-state index contributed by atoms with van der Waals surface area (Å²) in [7, 11) is 0. The number of ether oxygens (including phenoxy) is 2. The first-order valence-electron chi connectivity index (χ1n) is 19.5. The van der Waals surface area contributed by atoms with Crippen LogP contribution in [0, 0.1) is 0 Å². The number of benzene rings is 2. The molecule has 0 N–H and O–H groups in total. The minimum absolute atomic E-state index is 0.0114. The highest BCUT2D eigenvalue weighted by atomic mass is 16.5. The van der Waals surface area contributed by atoms with Gasteiger partial charge in [0.15, 0.2) is 12.2 Å². The van der Waals surface area contributed by atoms with Crippen LogP contribution in [0.2, 0.25) is 0 Å². The van der Waals surface area contributed by atoms with Crippen molar-refractivity contribution in [2.75, 3.05) is 26.2 Å². The molecule has 1 aliphatic heterocycles. The molecule has 1 saturated heterocycles. The van der Waals surface area contributed by atoms with E-state index < -0.39 is 12.2 Å². The smallest absolute Gasteiger partial charge is 0.263 e. The summed E-state index contributed by atoms with van der Waals surface area (Å²) in [5, 5.41) is 0. The van der Waals surface area contributed by atoms with Gasteiger partial charge in [-0.25, -0.2) is 0 Å². The van der Waals surface area contributed by atoms with Gasteiger partial charge in [0.05, 0.1) is 0 Å². The van der Waals surface area contributed by atoms with E-state index in [4.69, 9.17) is 9.47 Å². The Morgan fingerprint density at radius 2 is 0.840 bits per heavy atom. The zero-order chi connectivity index (χ0) is 37.7. The zero-order valence-corrected chi connectivity index (χ0v) is 34.2. The lowest BCUT2D eigenvalue weighted by molar-refractivity contribution is -0.147. The molecule has 2 unspecified atom stereocenters. The number of hydrogen-bond acceptors (Lipinski definition) is 4. The normalized spacial score (nSPS) is 15.9. The number of amides is 2. The van der Waals surface area contributed by atoms with Gasteiger partial charge >= 0.3 is 0 Å². The van der Waals surface area contributed by atoms with Crippen molar-refractivity contribution in [1.82, 2.24) is 9.80 Å². The molecule has 2 aromatic rings. The Morgan fingerprint density at radius 3 is 1.10 bits per heavy atom. The second kappa shape index (κ2) is 16.5. The van der Waals surface area contributed by atoms with E-state index in [0.29, 0.717) is 39.0 Å². The molecule has 0 aromatic heterocycles. The van der Waals surface area contributed by atoms with Crippen LogP contribution in [0.1, 0.15) is 158 Å². The Bertz CT molecular complexity index is 1340. The SMILES string of the molecule is CCC(Oc1ccc(C(C)(C)CC)cc1C(C)(C)CC)C(=O)N1CCN(C(=O)C(CC)Oc2ccc(C(C)(C)CC)cc2C(C)(C)CC)CC1. The maximum absolute atomic E-state index is 13.9. The molecule has 50 heavy (non-hydrogen) atoms. The summed E-state index contributed by atoms with van der Waals surface area (Å²) in [6.07, 6.45) is 3.98. The molecule has 6 nitrogen and oxygen atoms in total. The number of hydrogen-bond donors (Lipinski definition) is 0. The summed E-state index contributed by atoms with van der Waals surface area (Å²) >= 11 is 0. The second-order valence-electron chi connectivity index (χ2n) is 17.1.